The Kier molecular flexibility index (Phi) is 3.26. The van der Waals surface area contributed by atoms with Crippen LogP contribution in [0.15, 0.2) is 12.4 Å². The summed E-state index contributed by atoms with van der Waals surface area (Å²) in [7, 11) is 1.85. The number of nitrogens with one attached hydrogen (secondary N) is 1. The van der Waals surface area contributed by atoms with Crippen molar-refractivity contribution in [1.29, 1.82) is 0 Å². The zero-order chi connectivity index (χ0) is 15.2. The summed E-state index contributed by atoms with van der Waals surface area (Å²) in [6.07, 6.45) is 6.30. The largest absolute Gasteiger partial charge is 0.342 e. The van der Waals surface area contributed by atoms with Gasteiger partial charge in [0.05, 0.1) is 6.20 Å². The molecule has 0 aromatic carbocycles. The molecular formula is C15H22N4O2. The molecule has 2 atom stereocenters. The zero-order valence-electron chi connectivity index (χ0n) is 12.8. The number of carbonyl (C=O) groups is 2. The quantitative estimate of drug-likeness (QED) is 0.893. The van der Waals surface area contributed by atoms with E-state index in [4.69, 9.17) is 0 Å². The Morgan fingerprint density at radius 2 is 2.14 bits per heavy atom. The van der Waals surface area contributed by atoms with Gasteiger partial charge in [0, 0.05) is 25.4 Å². The van der Waals surface area contributed by atoms with E-state index in [1.54, 1.807) is 15.8 Å². The molecule has 6 heteroatoms. The number of aromatic nitrogens is 2. The Labute approximate surface area is 124 Å². The predicted octanol–water partition coefficient (Wildman–Crippen LogP) is 0.826. The van der Waals surface area contributed by atoms with E-state index < -0.39 is 5.54 Å². The van der Waals surface area contributed by atoms with E-state index in [9.17, 15) is 9.59 Å². The second-order valence-corrected chi connectivity index (χ2v) is 6.36. The molecule has 0 radical (unpaired) electrons. The highest BCUT2D eigenvalue weighted by atomic mass is 16.2. The maximum atomic E-state index is 12.8. The van der Waals surface area contributed by atoms with Crippen LogP contribution in [0.3, 0.4) is 0 Å². The molecular weight excluding hydrogens is 268 g/mol. The van der Waals surface area contributed by atoms with Crippen LogP contribution >= 0.6 is 0 Å². The summed E-state index contributed by atoms with van der Waals surface area (Å²) < 4.78 is 1.71. The highest BCUT2D eigenvalue weighted by Gasteiger charge is 2.52. The molecule has 6 nitrogen and oxygen atoms in total. The van der Waals surface area contributed by atoms with E-state index in [1.165, 1.54) is 0 Å². The van der Waals surface area contributed by atoms with Crippen LogP contribution in [0.5, 0.6) is 0 Å². The van der Waals surface area contributed by atoms with Crippen LogP contribution in [0.2, 0.25) is 0 Å². The van der Waals surface area contributed by atoms with Gasteiger partial charge in [-0.15, -0.1) is 0 Å². The first-order chi connectivity index (χ1) is 9.95. The van der Waals surface area contributed by atoms with Gasteiger partial charge in [-0.2, -0.15) is 5.10 Å². The highest BCUT2D eigenvalue weighted by molar-refractivity contribution is 5.99. The summed E-state index contributed by atoms with van der Waals surface area (Å²) in [5.74, 6) is 0.329. The number of hydrogen-bond acceptors (Lipinski definition) is 3. The van der Waals surface area contributed by atoms with Gasteiger partial charge in [-0.05, 0) is 32.1 Å². The number of piperazine rings is 1. The maximum Gasteiger partial charge on any atom is 0.246 e. The van der Waals surface area contributed by atoms with Crippen LogP contribution in [0.25, 0.3) is 0 Å². The number of carbonyl (C=O) groups excluding carboxylic acids is 2. The van der Waals surface area contributed by atoms with E-state index in [-0.39, 0.29) is 17.9 Å². The fourth-order valence-electron chi connectivity index (χ4n) is 2.98. The van der Waals surface area contributed by atoms with Crippen molar-refractivity contribution in [2.24, 2.45) is 13.0 Å². The SMILES string of the molecule is CCC1(C)C(=O)NC(C2CC2)C(=O)N1Cc1cnn(C)c1. The molecule has 114 valence electrons. The van der Waals surface area contributed by atoms with Crippen molar-refractivity contribution in [2.45, 2.75) is 51.2 Å². The molecule has 1 aromatic rings. The highest BCUT2D eigenvalue weighted by Crippen LogP contribution is 2.37. The topological polar surface area (TPSA) is 67.2 Å². The minimum Gasteiger partial charge on any atom is -0.342 e. The van der Waals surface area contributed by atoms with Gasteiger partial charge >= 0.3 is 0 Å². The van der Waals surface area contributed by atoms with E-state index >= 15 is 0 Å². The molecule has 1 saturated heterocycles. The molecule has 2 heterocycles. The summed E-state index contributed by atoms with van der Waals surface area (Å²) in [5, 5.41) is 7.08. The van der Waals surface area contributed by atoms with Gasteiger partial charge in [-0.1, -0.05) is 6.92 Å². The van der Waals surface area contributed by atoms with Crippen LogP contribution in [0.4, 0.5) is 0 Å². The van der Waals surface area contributed by atoms with Crippen LogP contribution in [0.1, 0.15) is 38.7 Å². The van der Waals surface area contributed by atoms with Crippen molar-refractivity contribution in [3.63, 3.8) is 0 Å². The summed E-state index contributed by atoms with van der Waals surface area (Å²) in [5.41, 5.74) is 0.174. The Bertz CT molecular complexity index is 578. The Morgan fingerprint density at radius 1 is 1.43 bits per heavy atom. The maximum absolute atomic E-state index is 12.8. The first kappa shape index (κ1) is 14.1. The van der Waals surface area contributed by atoms with Gasteiger partial charge in [0.1, 0.15) is 11.6 Å². The van der Waals surface area contributed by atoms with Crippen LogP contribution < -0.4 is 5.32 Å². The zero-order valence-corrected chi connectivity index (χ0v) is 12.8. The number of rotatable bonds is 4. The molecule has 0 spiro atoms. The fraction of sp³-hybridized carbons (Fsp3) is 0.667. The van der Waals surface area contributed by atoms with Crippen LogP contribution in [-0.4, -0.2) is 38.1 Å². The lowest BCUT2D eigenvalue weighted by Gasteiger charge is -2.46. The smallest absolute Gasteiger partial charge is 0.246 e. The summed E-state index contributed by atoms with van der Waals surface area (Å²) in [6.45, 7) is 4.23. The van der Waals surface area contributed by atoms with Gasteiger partial charge in [0.25, 0.3) is 0 Å². The normalized spacial score (nSPS) is 29.7. The molecule has 2 unspecified atom stereocenters. The number of nitrogens with zero attached hydrogens (tertiary/aromatic N) is 3. The van der Waals surface area contributed by atoms with Crippen molar-refractivity contribution < 1.29 is 9.59 Å². The average molecular weight is 290 g/mol. The lowest BCUT2D eigenvalue weighted by Crippen LogP contribution is -2.69. The molecule has 1 aliphatic carbocycles. The first-order valence-corrected chi connectivity index (χ1v) is 7.55. The summed E-state index contributed by atoms with van der Waals surface area (Å²) in [4.78, 5) is 27.1. The van der Waals surface area contributed by atoms with Crippen LogP contribution in [0, 0.1) is 5.92 Å². The molecule has 1 aliphatic heterocycles. The molecule has 0 bridgehead atoms. The lowest BCUT2D eigenvalue weighted by molar-refractivity contribution is -0.158. The fourth-order valence-corrected chi connectivity index (χ4v) is 2.98. The molecule has 1 aromatic heterocycles. The number of amides is 2. The number of hydrogen-bond donors (Lipinski definition) is 1. The molecule has 3 rings (SSSR count). The average Bonchev–Trinajstić information content (AvgIpc) is 3.22. The van der Waals surface area contributed by atoms with E-state index in [0.717, 1.165) is 18.4 Å². The van der Waals surface area contributed by atoms with Crippen molar-refractivity contribution in [3.05, 3.63) is 18.0 Å². The standard InChI is InChI=1S/C15H22N4O2/c1-4-15(2)14(21)17-12(11-5-6-11)13(20)19(15)9-10-7-16-18(3)8-10/h7-8,11-12H,4-6,9H2,1-3H3,(H,17,21). The van der Waals surface area contributed by atoms with Gasteiger partial charge < -0.3 is 10.2 Å². The molecule has 1 N–H and O–H groups in total. The van der Waals surface area contributed by atoms with Crippen molar-refractivity contribution in [2.75, 3.05) is 0 Å². The van der Waals surface area contributed by atoms with Crippen molar-refractivity contribution in [3.8, 4) is 0 Å². The minimum absolute atomic E-state index is 0.0367. The van der Waals surface area contributed by atoms with Crippen LogP contribution in [-0.2, 0) is 23.2 Å². The second kappa shape index (κ2) is 4.86. The monoisotopic (exact) mass is 290 g/mol. The summed E-state index contributed by atoms with van der Waals surface area (Å²) in [6, 6.07) is -0.339. The van der Waals surface area contributed by atoms with Crippen molar-refractivity contribution >= 4 is 11.8 Å². The molecule has 2 amide bonds. The third-order valence-corrected chi connectivity index (χ3v) is 4.78. The van der Waals surface area contributed by atoms with Gasteiger partial charge in [0.15, 0.2) is 0 Å². The van der Waals surface area contributed by atoms with Gasteiger partial charge in [-0.3, -0.25) is 14.3 Å². The van der Waals surface area contributed by atoms with E-state index in [1.807, 2.05) is 27.1 Å². The molecule has 21 heavy (non-hydrogen) atoms. The molecule has 2 fully saturated rings. The van der Waals surface area contributed by atoms with Crippen molar-refractivity contribution in [1.82, 2.24) is 20.0 Å². The third kappa shape index (κ3) is 2.32. The first-order valence-electron chi connectivity index (χ1n) is 7.55. The Balaban J connectivity index is 1.90. The molecule has 1 saturated carbocycles. The molecule has 2 aliphatic rings. The Hall–Kier alpha value is -1.85. The predicted molar refractivity (Wildman–Crippen MR) is 77.1 cm³/mol. The lowest BCUT2D eigenvalue weighted by atomic mass is 9.89. The van der Waals surface area contributed by atoms with Gasteiger partial charge in [-0.25, -0.2) is 0 Å². The second-order valence-electron chi connectivity index (χ2n) is 6.36. The minimum atomic E-state index is -0.779. The summed E-state index contributed by atoms with van der Waals surface area (Å²) >= 11 is 0. The Morgan fingerprint density at radius 3 is 2.67 bits per heavy atom. The van der Waals surface area contributed by atoms with E-state index in [2.05, 4.69) is 10.4 Å². The number of aryl methyl sites for hydroxylation is 1. The third-order valence-electron chi connectivity index (χ3n) is 4.78. The van der Waals surface area contributed by atoms with Gasteiger partial charge in [0.2, 0.25) is 11.8 Å². The van der Waals surface area contributed by atoms with E-state index in [0.29, 0.717) is 18.9 Å².